The molecule has 7 aromatic rings. The van der Waals surface area contributed by atoms with E-state index in [4.69, 9.17) is 4.98 Å². The van der Waals surface area contributed by atoms with Crippen molar-refractivity contribution in [3.8, 4) is 5.82 Å². The quantitative estimate of drug-likeness (QED) is 0.163. The zero-order valence-electron chi connectivity index (χ0n) is 26.0. The van der Waals surface area contributed by atoms with Crippen LogP contribution < -0.4 is 9.80 Å². The van der Waals surface area contributed by atoms with Gasteiger partial charge >= 0.3 is 0 Å². The molecule has 0 spiro atoms. The van der Waals surface area contributed by atoms with Gasteiger partial charge in [0.25, 0.3) is 0 Å². The molecule has 46 heavy (non-hydrogen) atoms. The van der Waals surface area contributed by atoms with Gasteiger partial charge in [0, 0.05) is 49.8 Å². The third-order valence-electron chi connectivity index (χ3n) is 8.61. The van der Waals surface area contributed by atoms with E-state index in [1.54, 1.807) is 0 Å². The molecule has 0 aliphatic carbocycles. The van der Waals surface area contributed by atoms with E-state index in [2.05, 4.69) is 163 Å². The number of anilines is 4. The van der Waals surface area contributed by atoms with Gasteiger partial charge in [0.1, 0.15) is 5.82 Å². The number of rotatable bonds is 5. The van der Waals surface area contributed by atoms with Crippen molar-refractivity contribution in [2.45, 2.75) is 32.6 Å². The molecule has 8 rings (SSSR count). The Bertz CT molecular complexity index is 2160. The number of hydrogen-bond acceptors (Lipinski definition) is 3. The van der Waals surface area contributed by atoms with Gasteiger partial charge in [-0.1, -0.05) is 80.9 Å². The third kappa shape index (κ3) is 5.31. The molecule has 2 aromatic heterocycles. The van der Waals surface area contributed by atoms with Crippen molar-refractivity contribution in [1.29, 1.82) is 0 Å². The minimum atomic E-state index is -0.0317. The van der Waals surface area contributed by atoms with Gasteiger partial charge in [0.15, 0.2) is 0 Å². The molecule has 0 amide bonds. The zero-order chi connectivity index (χ0) is 30.5. The molecular weight excluding hydrogens is 744 g/mol. The minimum absolute atomic E-state index is 0. The van der Waals surface area contributed by atoms with Crippen molar-refractivity contribution < 1.29 is 21.1 Å². The molecule has 0 saturated carbocycles. The van der Waals surface area contributed by atoms with Gasteiger partial charge in [-0.15, -0.1) is 23.8 Å². The predicted octanol–water partition coefficient (Wildman–Crippen LogP) is 10.1. The summed E-state index contributed by atoms with van der Waals surface area (Å²) >= 11 is 0. The van der Waals surface area contributed by atoms with E-state index in [9.17, 15) is 0 Å². The Morgan fingerprint density at radius 2 is 1.39 bits per heavy atom. The fourth-order valence-corrected chi connectivity index (χ4v) is 6.34. The summed E-state index contributed by atoms with van der Waals surface area (Å²) < 4.78 is 2.23. The largest absolute Gasteiger partial charge is 0.493 e. The van der Waals surface area contributed by atoms with Crippen LogP contribution in [0.4, 0.5) is 22.7 Å². The molecule has 0 radical (unpaired) electrons. The Morgan fingerprint density at radius 1 is 0.674 bits per heavy atom. The topological polar surface area (TPSA) is 24.3 Å². The van der Waals surface area contributed by atoms with E-state index in [0.717, 1.165) is 50.7 Å². The maximum Gasteiger partial charge on any atom is 0.135 e. The molecule has 230 valence electrons. The van der Waals surface area contributed by atoms with E-state index in [-0.39, 0.29) is 26.5 Å². The van der Waals surface area contributed by atoms with Crippen LogP contribution in [-0.4, -0.2) is 9.55 Å². The first-order chi connectivity index (χ1) is 21.9. The van der Waals surface area contributed by atoms with Crippen LogP contribution in [0.1, 0.15) is 37.5 Å². The first-order valence-corrected chi connectivity index (χ1v) is 15.4. The first-order valence-electron chi connectivity index (χ1n) is 15.4. The third-order valence-corrected chi connectivity index (χ3v) is 8.61. The van der Waals surface area contributed by atoms with Crippen LogP contribution in [0.3, 0.4) is 0 Å². The van der Waals surface area contributed by atoms with Crippen molar-refractivity contribution in [3.05, 3.63) is 163 Å². The maximum absolute atomic E-state index is 4.70. The number of benzene rings is 5. The van der Waals surface area contributed by atoms with E-state index in [0.29, 0.717) is 6.42 Å². The number of aromatic nitrogens is 2. The molecule has 0 bridgehead atoms. The van der Waals surface area contributed by atoms with Crippen LogP contribution in [0.25, 0.3) is 27.6 Å². The molecular formula is C41H33N4Pt-3. The average Bonchev–Trinajstić information content (AvgIpc) is 3.61. The number of fused-ring (bicyclic) bond motifs is 4. The summed E-state index contributed by atoms with van der Waals surface area (Å²) in [6.45, 7) is 9.01. The summed E-state index contributed by atoms with van der Waals surface area (Å²) in [5.41, 5.74) is 10.1. The Kier molecular flexibility index (Phi) is 7.78. The average molecular weight is 777 g/mol. The second-order valence-corrected chi connectivity index (χ2v) is 12.7. The molecule has 1 aliphatic heterocycles. The van der Waals surface area contributed by atoms with Crippen LogP contribution in [0, 0.1) is 18.8 Å². The smallest absolute Gasteiger partial charge is 0.135 e. The summed E-state index contributed by atoms with van der Waals surface area (Å²) in [5, 5.41) is 2.38. The van der Waals surface area contributed by atoms with Gasteiger partial charge < -0.3 is 14.4 Å². The van der Waals surface area contributed by atoms with Crippen molar-refractivity contribution in [2.24, 2.45) is 0 Å². The molecule has 3 heterocycles. The summed E-state index contributed by atoms with van der Waals surface area (Å²) in [5.74, 6) is 0.895. The fourth-order valence-electron chi connectivity index (χ4n) is 6.34. The summed E-state index contributed by atoms with van der Waals surface area (Å²) in [4.78, 5) is 9.23. The Morgan fingerprint density at radius 3 is 2.15 bits per heavy atom. The molecule has 5 aromatic carbocycles. The zero-order valence-corrected chi connectivity index (χ0v) is 28.3. The molecule has 0 saturated heterocycles. The first kappa shape index (κ1) is 30.0. The summed E-state index contributed by atoms with van der Waals surface area (Å²) in [6.07, 6.45) is 2.56. The predicted molar refractivity (Wildman–Crippen MR) is 186 cm³/mol. The Labute approximate surface area is 285 Å². The Balaban J connectivity index is 0.00000338. The second-order valence-electron chi connectivity index (χ2n) is 12.7. The monoisotopic (exact) mass is 776 g/mol. The summed E-state index contributed by atoms with van der Waals surface area (Å²) in [7, 11) is 0. The molecule has 5 heteroatoms. The van der Waals surface area contributed by atoms with Gasteiger partial charge in [-0.05, 0) is 59.7 Å². The molecule has 0 N–H and O–H groups in total. The normalized spacial score (nSPS) is 12.8. The summed E-state index contributed by atoms with van der Waals surface area (Å²) in [6, 6.07) is 50.3. The number of pyridine rings is 1. The molecule has 0 fully saturated rings. The SMILES string of the molecule is CC(C)(C)c1cc(Cc2[c-]c3c(cc2)c2ccccc2n3-c2ccccn2)[c-]c(N2[CH-]N(c3ccccc3)c3ccccc32)c1.[Pt]. The molecule has 0 atom stereocenters. The fraction of sp³-hybridized carbons (Fsp3) is 0.122. The van der Waals surface area contributed by atoms with Gasteiger partial charge in [-0.2, -0.15) is 47.0 Å². The van der Waals surface area contributed by atoms with Crippen LogP contribution in [0.2, 0.25) is 0 Å². The van der Waals surface area contributed by atoms with Crippen LogP contribution in [0.15, 0.2) is 128 Å². The second kappa shape index (κ2) is 11.9. The van der Waals surface area contributed by atoms with E-state index in [1.807, 2.05) is 18.3 Å². The standard InChI is InChI=1S/C41H33N4.Pt/c1-41(2,3)31-24-30(25-33(27-31)44-28-43(32-13-5-4-6-14-32)37-17-9-10-18-38(37)44)23-29-20-21-35-34-15-7-8-16-36(34)45(39(35)26-29)40-19-11-12-22-42-40;/h4-22,24,27-28H,23H2,1-3H3;/q-3;. The van der Waals surface area contributed by atoms with Crippen LogP contribution in [-0.2, 0) is 32.9 Å². The number of hydrogen-bond donors (Lipinski definition) is 0. The minimum Gasteiger partial charge on any atom is -0.493 e. The van der Waals surface area contributed by atoms with Crippen LogP contribution in [0.5, 0.6) is 0 Å². The van der Waals surface area contributed by atoms with Crippen LogP contribution >= 0.6 is 0 Å². The number of nitrogens with zero attached hydrogens (tertiary/aromatic N) is 4. The van der Waals surface area contributed by atoms with Gasteiger partial charge in [0.05, 0.1) is 0 Å². The van der Waals surface area contributed by atoms with Crippen molar-refractivity contribution in [1.82, 2.24) is 9.55 Å². The van der Waals surface area contributed by atoms with E-state index >= 15 is 0 Å². The van der Waals surface area contributed by atoms with Gasteiger partial charge in [-0.3, -0.25) is 0 Å². The molecule has 4 nitrogen and oxygen atoms in total. The number of para-hydroxylation sites is 4. The van der Waals surface area contributed by atoms with Crippen molar-refractivity contribution in [2.75, 3.05) is 9.80 Å². The van der Waals surface area contributed by atoms with Crippen molar-refractivity contribution in [3.63, 3.8) is 0 Å². The maximum atomic E-state index is 4.70. The Hall–Kier alpha value is -4.66. The molecule has 0 unspecified atom stereocenters. The van der Waals surface area contributed by atoms with Gasteiger partial charge in [0.2, 0.25) is 0 Å². The van der Waals surface area contributed by atoms with Gasteiger partial charge in [-0.25, -0.2) is 4.98 Å². The van der Waals surface area contributed by atoms with E-state index < -0.39 is 0 Å². The van der Waals surface area contributed by atoms with E-state index in [1.165, 1.54) is 16.3 Å². The van der Waals surface area contributed by atoms with Crippen molar-refractivity contribution >= 4 is 44.6 Å². The molecule has 1 aliphatic rings.